The van der Waals surface area contributed by atoms with Crippen molar-refractivity contribution in [1.29, 1.82) is 0 Å². The van der Waals surface area contributed by atoms with Gasteiger partial charge in [0.05, 0.1) is 5.69 Å². The molecule has 0 saturated heterocycles. The van der Waals surface area contributed by atoms with Crippen LogP contribution in [0.3, 0.4) is 0 Å². The first-order chi connectivity index (χ1) is 16.4. The molecule has 0 bridgehead atoms. The zero-order chi connectivity index (χ0) is 24.1. The van der Waals surface area contributed by atoms with Gasteiger partial charge in [0, 0.05) is 6.42 Å². The first-order valence-electron chi connectivity index (χ1n) is 11.7. The van der Waals surface area contributed by atoms with Crippen LogP contribution < -0.4 is 5.32 Å². The van der Waals surface area contributed by atoms with Crippen molar-refractivity contribution >= 4 is 17.9 Å². The third-order valence-corrected chi connectivity index (χ3v) is 6.53. The van der Waals surface area contributed by atoms with Crippen molar-refractivity contribution in [2.75, 3.05) is 5.32 Å². The predicted octanol–water partition coefficient (Wildman–Crippen LogP) is 5.63. The SMILES string of the molecule is Cc1nnn(-c2ccc(C3CCC(CC(=O)O)CC3)cc2)c1NC(=O)OC(C)c1ccccc1. The van der Waals surface area contributed by atoms with Gasteiger partial charge < -0.3 is 9.84 Å². The normalized spacial score (nSPS) is 18.8. The maximum atomic E-state index is 12.5. The molecule has 2 aromatic carbocycles. The number of carboxylic acids is 1. The Bertz CT molecular complexity index is 1120. The van der Waals surface area contributed by atoms with Gasteiger partial charge in [0.25, 0.3) is 0 Å². The molecular weight excluding hydrogens is 432 g/mol. The highest BCUT2D eigenvalue weighted by molar-refractivity contribution is 5.84. The smallest absolute Gasteiger partial charge is 0.413 e. The number of anilines is 1. The lowest BCUT2D eigenvalue weighted by Crippen LogP contribution is -2.19. The summed E-state index contributed by atoms with van der Waals surface area (Å²) in [4.78, 5) is 23.5. The van der Waals surface area contributed by atoms with E-state index >= 15 is 0 Å². The number of amides is 1. The second-order valence-electron chi connectivity index (χ2n) is 8.93. The van der Waals surface area contributed by atoms with Crippen molar-refractivity contribution in [3.05, 3.63) is 71.4 Å². The molecule has 0 aliphatic heterocycles. The molecule has 1 aliphatic carbocycles. The van der Waals surface area contributed by atoms with E-state index in [1.807, 2.05) is 49.4 Å². The van der Waals surface area contributed by atoms with Crippen LogP contribution in [0.5, 0.6) is 0 Å². The minimum Gasteiger partial charge on any atom is -0.481 e. The second-order valence-corrected chi connectivity index (χ2v) is 8.93. The molecule has 1 aliphatic rings. The zero-order valence-corrected chi connectivity index (χ0v) is 19.5. The van der Waals surface area contributed by atoms with Crippen LogP contribution in [0.2, 0.25) is 0 Å². The van der Waals surface area contributed by atoms with Crippen molar-refractivity contribution in [2.45, 2.75) is 58.0 Å². The van der Waals surface area contributed by atoms with E-state index in [2.05, 4.69) is 27.8 Å². The average molecular weight is 463 g/mol. The molecule has 4 rings (SSSR count). The fourth-order valence-electron chi connectivity index (χ4n) is 4.59. The summed E-state index contributed by atoms with van der Waals surface area (Å²) in [5, 5.41) is 20.1. The molecule has 2 N–H and O–H groups in total. The molecule has 1 fully saturated rings. The van der Waals surface area contributed by atoms with Crippen molar-refractivity contribution in [2.24, 2.45) is 5.92 Å². The first kappa shape index (κ1) is 23.5. The van der Waals surface area contributed by atoms with E-state index in [0.29, 0.717) is 17.4 Å². The molecule has 3 aromatic rings. The molecule has 1 aromatic heterocycles. The maximum absolute atomic E-state index is 12.5. The highest BCUT2D eigenvalue weighted by atomic mass is 16.6. The number of ether oxygens (including phenoxy) is 1. The van der Waals surface area contributed by atoms with E-state index in [-0.39, 0.29) is 12.3 Å². The number of aromatic nitrogens is 3. The van der Waals surface area contributed by atoms with Crippen LogP contribution in [0.4, 0.5) is 10.6 Å². The molecule has 0 spiro atoms. The molecule has 8 nitrogen and oxygen atoms in total. The number of carboxylic acid groups (broad SMARTS) is 1. The number of nitrogens with one attached hydrogen (secondary N) is 1. The van der Waals surface area contributed by atoms with E-state index in [1.54, 1.807) is 11.6 Å². The Balaban J connectivity index is 1.40. The van der Waals surface area contributed by atoms with Crippen LogP contribution in [0, 0.1) is 12.8 Å². The van der Waals surface area contributed by atoms with Crippen LogP contribution in [0.15, 0.2) is 54.6 Å². The van der Waals surface area contributed by atoms with Crippen LogP contribution >= 0.6 is 0 Å². The predicted molar refractivity (Wildman–Crippen MR) is 128 cm³/mol. The topological polar surface area (TPSA) is 106 Å². The molecule has 1 heterocycles. The van der Waals surface area contributed by atoms with E-state index in [9.17, 15) is 9.59 Å². The Hall–Kier alpha value is -3.68. The Labute approximate surface area is 198 Å². The van der Waals surface area contributed by atoms with Gasteiger partial charge in [-0.25, -0.2) is 4.79 Å². The molecule has 34 heavy (non-hydrogen) atoms. The Morgan fingerprint density at radius 1 is 1.09 bits per heavy atom. The zero-order valence-electron chi connectivity index (χ0n) is 19.5. The number of nitrogens with zero attached hydrogens (tertiary/aromatic N) is 3. The summed E-state index contributed by atoms with van der Waals surface area (Å²) < 4.78 is 7.13. The molecule has 0 radical (unpaired) electrons. The van der Waals surface area contributed by atoms with Crippen molar-refractivity contribution in [1.82, 2.24) is 15.0 Å². The standard InChI is InChI=1S/C26H30N4O4/c1-17-25(27-26(33)34-18(2)20-6-4-3-5-7-20)30(29-28-17)23-14-12-22(13-15-23)21-10-8-19(9-11-21)16-24(31)32/h3-7,12-15,18-19,21H,8-11,16H2,1-2H3,(H,27,33)(H,31,32). The fraction of sp³-hybridized carbons (Fsp3) is 0.385. The van der Waals surface area contributed by atoms with E-state index in [0.717, 1.165) is 36.9 Å². The number of rotatable bonds is 7. The van der Waals surface area contributed by atoms with Crippen LogP contribution in [-0.4, -0.2) is 32.2 Å². The Morgan fingerprint density at radius 2 is 1.76 bits per heavy atom. The second kappa shape index (κ2) is 10.5. The van der Waals surface area contributed by atoms with Gasteiger partial charge in [-0.1, -0.05) is 47.7 Å². The van der Waals surface area contributed by atoms with Gasteiger partial charge in [-0.15, -0.1) is 5.10 Å². The summed E-state index contributed by atoms with van der Waals surface area (Å²) >= 11 is 0. The Morgan fingerprint density at radius 3 is 2.41 bits per heavy atom. The Kier molecular flexibility index (Phi) is 7.25. The molecular formula is C26H30N4O4. The highest BCUT2D eigenvalue weighted by Gasteiger charge is 2.24. The first-order valence-corrected chi connectivity index (χ1v) is 11.7. The summed E-state index contributed by atoms with van der Waals surface area (Å²) in [7, 11) is 0. The van der Waals surface area contributed by atoms with Gasteiger partial charge in [0.1, 0.15) is 11.8 Å². The lowest BCUT2D eigenvalue weighted by atomic mass is 9.77. The van der Waals surface area contributed by atoms with Gasteiger partial charge in [0.2, 0.25) is 0 Å². The lowest BCUT2D eigenvalue weighted by Gasteiger charge is -2.28. The highest BCUT2D eigenvalue weighted by Crippen LogP contribution is 2.37. The largest absolute Gasteiger partial charge is 0.481 e. The number of aryl methyl sites for hydroxylation is 1. The molecule has 1 saturated carbocycles. The number of carbonyl (C=O) groups excluding carboxylic acids is 1. The third kappa shape index (κ3) is 5.62. The minimum atomic E-state index is -0.709. The van der Waals surface area contributed by atoms with Crippen LogP contribution in [0.1, 0.15) is 67.9 Å². The molecule has 1 atom stereocenters. The van der Waals surface area contributed by atoms with E-state index in [4.69, 9.17) is 9.84 Å². The van der Waals surface area contributed by atoms with Gasteiger partial charge in [0.15, 0.2) is 5.82 Å². The number of hydrogen-bond donors (Lipinski definition) is 2. The van der Waals surface area contributed by atoms with Crippen LogP contribution in [-0.2, 0) is 9.53 Å². The molecule has 178 valence electrons. The molecule has 1 amide bonds. The van der Waals surface area contributed by atoms with Crippen molar-refractivity contribution < 1.29 is 19.4 Å². The number of hydrogen-bond acceptors (Lipinski definition) is 5. The summed E-state index contributed by atoms with van der Waals surface area (Å²) in [6.45, 7) is 3.61. The van der Waals surface area contributed by atoms with Gasteiger partial charge in [-0.3, -0.25) is 10.1 Å². The van der Waals surface area contributed by atoms with Crippen molar-refractivity contribution in [3.63, 3.8) is 0 Å². The van der Waals surface area contributed by atoms with Gasteiger partial charge in [-0.2, -0.15) is 4.68 Å². The van der Waals surface area contributed by atoms with E-state index < -0.39 is 18.2 Å². The van der Waals surface area contributed by atoms with Gasteiger partial charge in [-0.05, 0) is 74.6 Å². The van der Waals surface area contributed by atoms with E-state index in [1.165, 1.54) is 5.56 Å². The minimum absolute atomic E-state index is 0.264. The third-order valence-electron chi connectivity index (χ3n) is 6.53. The number of aliphatic carboxylic acids is 1. The van der Waals surface area contributed by atoms with Crippen molar-refractivity contribution in [3.8, 4) is 5.69 Å². The molecule has 8 heteroatoms. The monoisotopic (exact) mass is 462 g/mol. The summed E-state index contributed by atoms with van der Waals surface area (Å²) in [6.07, 6.45) is 3.18. The van der Waals surface area contributed by atoms with Gasteiger partial charge >= 0.3 is 12.1 Å². The fourth-order valence-corrected chi connectivity index (χ4v) is 4.59. The summed E-state index contributed by atoms with van der Waals surface area (Å²) in [6, 6.07) is 17.6. The average Bonchev–Trinajstić information content (AvgIpc) is 3.19. The lowest BCUT2D eigenvalue weighted by molar-refractivity contribution is -0.138. The quantitative estimate of drug-likeness (QED) is 0.471. The number of carbonyl (C=O) groups is 2. The summed E-state index contributed by atoms with van der Waals surface area (Å²) in [5.74, 6) is 0.471. The number of benzene rings is 2. The molecule has 1 unspecified atom stereocenters. The maximum Gasteiger partial charge on any atom is 0.413 e. The van der Waals surface area contributed by atoms with Crippen LogP contribution in [0.25, 0.3) is 5.69 Å². The summed E-state index contributed by atoms with van der Waals surface area (Å²) in [5.41, 5.74) is 3.52.